The highest BCUT2D eigenvalue weighted by molar-refractivity contribution is 6.30. The first kappa shape index (κ1) is 11.8. The molecule has 2 atom stereocenters. The van der Waals surface area contributed by atoms with E-state index in [1.165, 1.54) is 18.9 Å². The van der Waals surface area contributed by atoms with E-state index in [1.54, 1.807) is 12.1 Å². The molecular weight excluding hydrogens is 227 g/mol. The molecule has 1 aromatic rings. The quantitative estimate of drug-likeness (QED) is 0.837. The van der Waals surface area contributed by atoms with Crippen molar-refractivity contribution in [2.24, 2.45) is 5.73 Å². The van der Waals surface area contributed by atoms with Gasteiger partial charge in [0.1, 0.15) is 5.82 Å². The smallest absolute Gasteiger partial charge is 0.142 e. The molecule has 0 bridgehead atoms. The Balaban J connectivity index is 2.12. The summed E-state index contributed by atoms with van der Waals surface area (Å²) >= 11 is 5.64. The van der Waals surface area contributed by atoms with Crippen molar-refractivity contribution in [2.75, 3.05) is 6.54 Å². The van der Waals surface area contributed by atoms with Crippen molar-refractivity contribution in [2.45, 2.75) is 31.3 Å². The topological polar surface area (TPSA) is 38.0 Å². The molecule has 2 nitrogen and oxygen atoms in total. The second-order valence-electron chi connectivity index (χ2n) is 4.26. The van der Waals surface area contributed by atoms with E-state index in [0.29, 0.717) is 0 Å². The van der Waals surface area contributed by atoms with Crippen LogP contribution in [0.5, 0.6) is 0 Å². The van der Waals surface area contributed by atoms with E-state index >= 15 is 0 Å². The summed E-state index contributed by atoms with van der Waals surface area (Å²) in [6.07, 6.45) is 3.42. The van der Waals surface area contributed by atoms with Crippen LogP contribution in [0.1, 0.15) is 30.9 Å². The van der Waals surface area contributed by atoms with Crippen molar-refractivity contribution in [3.63, 3.8) is 0 Å². The van der Waals surface area contributed by atoms with E-state index in [4.69, 9.17) is 17.3 Å². The van der Waals surface area contributed by atoms with Crippen molar-refractivity contribution >= 4 is 11.6 Å². The fraction of sp³-hybridized carbons (Fsp3) is 0.500. The minimum atomic E-state index is -0.398. The van der Waals surface area contributed by atoms with Gasteiger partial charge in [-0.25, -0.2) is 4.39 Å². The van der Waals surface area contributed by atoms with Crippen LogP contribution in [-0.2, 0) is 0 Å². The first-order valence-corrected chi connectivity index (χ1v) is 6.00. The van der Waals surface area contributed by atoms with Gasteiger partial charge in [0.15, 0.2) is 0 Å². The molecular formula is C12H16ClFN2. The largest absolute Gasteiger partial charge is 0.323 e. The van der Waals surface area contributed by atoms with Crippen LogP contribution < -0.4 is 11.1 Å². The third-order valence-electron chi connectivity index (χ3n) is 3.11. The maximum absolute atomic E-state index is 13.3. The summed E-state index contributed by atoms with van der Waals surface area (Å²) in [4.78, 5) is 0. The number of nitrogens with one attached hydrogen (secondary N) is 1. The minimum Gasteiger partial charge on any atom is -0.323 e. The van der Waals surface area contributed by atoms with Gasteiger partial charge in [0.2, 0.25) is 0 Å². The molecule has 1 aromatic carbocycles. The molecule has 16 heavy (non-hydrogen) atoms. The third-order valence-corrected chi connectivity index (χ3v) is 3.42. The Hall–Kier alpha value is -0.640. The highest BCUT2D eigenvalue weighted by atomic mass is 35.5. The van der Waals surface area contributed by atoms with Crippen LogP contribution in [-0.4, -0.2) is 12.6 Å². The maximum atomic E-state index is 13.3. The predicted octanol–water partition coefficient (Wildman–Crippen LogP) is 2.62. The molecule has 0 spiro atoms. The number of nitrogens with two attached hydrogens (primary N) is 1. The first-order chi connectivity index (χ1) is 7.68. The number of rotatable bonds is 2. The molecule has 88 valence electrons. The zero-order valence-electron chi connectivity index (χ0n) is 9.05. The summed E-state index contributed by atoms with van der Waals surface area (Å²) in [7, 11) is 0. The van der Waals surface area contributed by atoms with E-state index in [9.17, 15) is 4.39 Å². The first-order valence-electron chi connectivity index (χ1n) is 5.62. The SMILES string of the molecule is N[C@H](c1ccc(Cl)c(F)c1)[C@H]1CCCCN1. The summed E-state index contributed by atoms with van der Waals surface area (Å²) in [6.45, 7) is 0.994. The fourth-order valence-electron chi connectivity index (χ4n) is 2.14. The summed E-state index contributed by atoms with van der Waals surface area (Å²) < 4.78 is 13.3. The maximum Gasteiger partial charge on any atom is 0.142 e. The Bertz CT molecular complexity index is 364. The third kappa shape index (κ3) is 2.54. The second-order valence-corrected chi connectivity index (χ2v) is 4.66. The lowest BCUT2D eigenvalue weighted by Crippen LogP contribution is -2.42. The molecule has 0 radical (unpaired) electrons. The van der Waals surface area contributed by atoms with Crippen molar-refractivity contribution < 1.29 is 4.39 Å². The van der Waals surface area contributed by atoms with Crippen LogP contribution in [0.25, 0.3) is 0 Å². The van der Waals surface area contributed by atoms with Gasteiger partial charge in [-0.15, -0.1) is 0 Å². The molecule has 3 N–H and O–H groups in total. The van der Waals surface area contributed by atoms with Crippen LogP contribution in [0.3, 0.4) is 0 Å². The zero-order chi connectivity index (χ0) is 11.5. The van der Waals surface area contributed by atoms with Crippen LogP contribution in [0.15, 0.2) is 18.2 Å². The Morgan fingerprint density at radius 3 is 2.88 bits per heavy atom. The van der Waals surface area contributed by atoms with Gasteiger partial charge < -0.3 is 11.1 Å². The summed E-state index contributed by atoms with van der Waals surface area (Å²) in [5, 5.41) is 3.52. The Labute approximate surface area is 100.0 Å². The molecule has 0 unspecified atom stereocenters. The van der Waals surface area contributed by atoms with E-state index in [1.807, 2.05) is 0 Å². The molecule has 1 fully saturated rings. The van der Waals surface area contributed by atoms with E-state index < -0.39 is 5.82 Å². The summed E-state index contributed by atoms with van der Waals surface area (Å²) in [6, 6.07) is 4.88. The van der Waals surface area contributed by atoms with E-state index in [-0.39, 0.29) is 17.1 Å². The van der Waals surface area contributed by atoms with E-state index in [2.05, 4.69) is 5.32 Å². The van der Waals surface area contributed by atoms with Gasteiger partial charge in [0, 0.05) is 12.1 Å². The molecule has 0 aliphatic carbocycles. The Morgan fingerprint density at radius 1 is 1.44 bits per heavy atom. The summed E-state index contributed by atoms with van der Waals surface area (Å²) in [5.41, 5.74) is 6.92. The Morgan fingerprint density at radius 2 is 2.25 bits per heavy atom. The van der Waals surface area contributed by atoms with Crippen molar-refractivity contribution in [3.05, 3.63) is 34.6 Å². The lowest BCUT2D eigenvalue weighted by Gasteiger charge is -2.29. The van der Waals surface area contributed by atoms with Gasteiger partial charge in [-0.2, -0.15) is 0 Å². The molecule has 4 heteroatoms. The van der Waals surface area contributed by atoms with E-state index in [0.717, 1.165) is 18.5 Å². The van der Waals surface area contributed by atoms with Crippen LogP contribution in [0.2, 0.25) is 5.02 Å². The number of halogens is 2. The average molecular weight is 243 g/mol. The molecule has 1 saturated heterocycles. The lowest BCUT2D eigenvalue weighted by atomic mass is 9.93. The monoisotopic (exact) mass is 242 g/mol. The molecule has 0 saturated carbocycles. The molecule has 1 aliphatic rings. The number of hydrogen-bond acceptors (Lipinski definition) is 2. The molecule has 2 rings (SSSR count). The van der Waals surface area contributed by atoms with Crippen LogP contribution in [0, 0.1) is 5.82 Å². The second kappa shape index (κ2) is 5.13. The van der Waals surface area contributed by atoms with Crippen molar-refractivity contribution in [1.82, 2.24) is 5.32 Å². The van der Waals surface area contributed by atoms with Gasteiger partial charge in [-0.3, -0.25) is 0 Å². The fourth-order valence-corrected chi connectivity index (χ4v) is 2.25. The highest BCUT2D eigenvalue weighted by Crippen LogP contribution is 2.24. The van der Waals surface area contributed by atoms with Gasteiger partial charge >= 0.3 is 0 Å². The predicted molar refractivity (Wildman–Crippen MR) is 64.0 cm³/mol. The zero-order valence-corrected chi connectivity index (χ0v) is 9.80. The molecule has 0 amide bonds. The van der Waals surface area contributed by atoms with Gasteiger partial charge in [-0.05, 0) is 37.1 Å². The lowest BCUT2D eigenvalue weighted by molar-refractivity contribution is 0.353. The normalized spacial score (nSPS) is 23.1. The van der Waals surface area contributed by atoms with Gasteiger partial charge in [0.25, 0.3) is 0 Å². The number of hydrogen-bond donors (Lipinski definition) is 2. The standard InChI is InChI=1S/C12H16ClFN2/c13-9-5-4-8(7-10(9)14)12(15)11-3-1-2-6-16-11/h4-5,7,11-12,16H,1-3,6,15H2/t11-,12-/m1/s1. The minimum absolute atomic E-state index is 0.146. The summed E-state index contributed by atoms with van der Waals surface area (Å²) in [5.74, 6) is -0.398. The average Bonchev–Trinajstić information content (AvgIpc) is 2.33. The van der Waals surface area contributed by atoms with Crippen molar-refractivity contribution in [3.8, 4) is 0 Å². The highest BCUT2D eigenvalue weighted by Gasteiger charge is 2.21. The van der Waals surface area contributed by atoms with Crippen molar-refractivity contribution in [1.29, 1.82) is 0 Å². The molecule has 1 heterocycles. The van der Waals surface area contributed by atoms with Crippen LogP contribution >= 0.6 is 11.6 Å². The Kier molecular flexibility index (Phi) is 3.79. The molecule has 1 aliphatic heterocycles. The van der Waals surface area contributed by atoms with Gasteiger partial charge in [0.05, 0.1) is 5.02 Å². The van der Waals surface area contributed by atoms with Crippen LogP contribution in [0.4, 0.5) is 4.39 Å². The number of benzene rings is 1. The van der Waals surface area contributed by atoms with Gasteiger partial charge in [-0.1, -0.05) is 24.1 Å². The number of piperidine rings is 1. The molecule has 0 aromatic heterocycles.